The van der Waals surface area contributed by atoms with E-state index in [9.17, 15) is 0 Å². The van der Waals surface area contributed by atoms with Crippen LogP contribution in [-0.4, -0.2) is 29.8 Å². The predicted octanol–water partition coefficient (Wildman–Crippen LogP) is 4.53. The second kappa shape index (κ2) is 6.14. The topological polar surface area (TPSA) is 71.8 Å². The Hall–Kier alpha value is -3.32. The van der Waals surface area contributed by atoms with Gasteiger partial charge in [0.2, 0.25) is 0 Å². The average Bonchev–Trinajstić information content (AvgIpc) is 3.38. The molecule has 1 aromatic carbocycles. The van der Waals surface area contributed by atoms with E-state index < -0.39 is 0 Å². The summed E-state index contributed by atoms with van der Waals surface area (Å²) in [5.74, 6) is 0.726. The fraction of sp³-hybridized carbons (Fsp3) is 0.100. The van der Waals surface area contributed by atoms with Crippen LogP contribution < -0.4 is 0 Å². The van der Waals surface area contributed by atoms with E-state index in [2.05, 4.69) is 57.5 Å². The molecule has 4 heterocycles. The number of aryl methyl sites for hydroxylation is 2. The summed E-state index contributed by atoms with van der Waals surface area (Å²) < 4.78 is 1.90. The number of hydrogen-bond acceptors (Lipinski definition) is 5. The Labute approximate surface area is 159 Å². The molecule has 7 heteroatoms. The van der Waals surface area contributed by atoms with E-state index in [0.29, 0.717) is 0 Å². The van der Waals surface area contributed by atoms with Gasteiger partial charge in [-0.1, -0.05) is 29.8 Å². The van der Waals surface area contributed by atoms with Gasteiger partial charge >= 0.3 is 0 Å². The van der Waals surface area contributed by atoms with Crippen LogP contribution in [0.1, 0.15) is 11.3 Å². The van der Waals surface area contributed by atoms with Gasteiger partial charge in [0.25, 0.3) is 0 Å². The molecule has 0 saturated carbocycles. The van der Waals surface area contributed by atoms with Crippen LogP contribution in [0.4, 0.5) is 0 Å². The monoisotopic (exact) mass is 372 g/mol. The van der Waals surface area contributed by atoms with Crippen LogP contribution in [-0.2, 0) is 0 Å². The Morgan fingerprint density at radius 1 is 1.07 bits per heavy atom. The highest BCUT2D eigenvalue weighted by atomic mass is 32.1. The lowest BCUT2D eigenvalue weighted by molar-refractivity contribution is 0.934. The molecule has 0 aliphatic rings. The number of benzene rings is 1. The lowest BCUT2D eigenvalue weighted by Gasteiger charge is -2.01. The standard InChI is InChI=1S/C20H16N6S/c1-12-6-5-7-14(10-12)17-18(19-21-11-22-24-19)27-20(23-17)16-13(2)25-26-9-4-3-8-15(16)26/h3-11H,1-2H3,(H,21,22,24). The second-order valence-electron chi connectivity index (χ2n) is 6.39. The molecule has 5 rings (SSSR count). The van der Waals surface area contributed by atoms with Crippen molar-refractivity contribution in [1.82, 2.24) is 29.8 Å². The van der Waals surface area contributed by atoms with Crippen molar-refractivity contribution in [2.75, 3.05) is 0 Å². The first-order valence-electron chi connectivity index (χ1n) is 8.58. The third-order valence-corrected chi connectivity index (χ3v) is 5.56. The minimum absolute atomic E-state index is 0.726. The van der Waals surface area contributed by atoms with E-state index in [1.807, 2.05) is 29.8 Å². The molecular formula is C20H16N6S. The van der Waals surface area contributed by atoms with E-state index in [4.69, 9.17) is 4.98 Å². The molecule has 0 aliphatic carbocycles. The minimum atomic E-state index is 0.726. The molecule has 6 nitrogen and oxygen atoms in total. The van der Waals surface area contributed by atoms with Crippen LogP contribution in [0.15, 0.2) is 55.0 Å². The maximum absolute atomic E-state index is 5.01. The van der Waals surface area contributed by atoms with Crippen molar-refractivity contribution >= 4 is 16.9 Å². The zero-order valence-corrected chi connectivity index (χ0v) is 15.7. The van der Waals surface area contributed by atoms with Gasteiger partial charge in [-0.15, -0.1) is 11.3 Å². The van der Waals surface area contributed by atoms with Gasteiger partial charge in [0.15, 0.2) is 5.82 Å². The van der Waals surface area contributed by atoms with Crippen molar-refractivity contribution in [1.29, 1.82) is 0 Å². The van der Waals surface area contributed by atoms with Gasteiger partial charge in [-0.05, 0) is 32.0 Å². The summed E-state index contributed by atoms with van der Waals surface area (Å²) in [5, 5.41) is 12.5. The van der Waals surface area contributed by atoms with E-state index in [-0.39, 0.29) is 0 Å². The molecule has 0 fully saturated rings. The number of nitrogens with one attached hydrogen (secondary N) is 1. The Balaban J connectivity index is 1.77. The lowest BCUT2D eigenvalue weighted by atomic mass is 10.1. The number of pyridine rings is 1. The van der Waals surface area contributed by atoms with Crippen molar-refractivity contribution in [3.05, 3.63) is 66.2 Å². The zero-order valence-electron chi connectivity index (χ0n) is 14.8. The summed E-state index contributed by atoms with van der Waals surface area (Å²) >= 11 is 1.61. The number of fused-ring (bicyclic) bond motifs is 1. The third kappa shape index (κ3) is 2.63. The average molecular weight is 372 g/mol. The molecule has 0 unspecified atom stereocenters. The molecule has 0 bridgehead atoms. The number of rotatable bonds is 3. The minimum Gasteiger partial charge on any atom is -0.259 e. The van der Waals surface area contributed by atoms with Gasteiger partial charge in [-0.25, -0.2) is 14.5 Å². The highest BCUT2D eigenvalue weighted by Crippen LogP contribution is 2.41. The van der Waals surface area contributed by atoms with E-state index >= 15 is 0 Å². The largest absolute Gasteiger partial charge is 0.259 e. The summed E-state index contributed by atoms with van der Waals surface area (Å²) in [7, 11) is 0. The van der Waals surface area contributed by atoms with Gasteiger partial charge in [0, 0.05) is 11.8 Å². The summed E-state index contributed by atoms with van der Waals surface area (Å²) in [5.41, 5.74) is 6.22. The number of aromatic nitrogens is 6. The summed E-state index contributed by atoms with van der Waals surface area (Å²) in [4.78, 5) is 10.3. The molecule has 132 valence electrons. The smallest absolute Gasteiger partial charge is 0.167 e. The highest BCUT2D eigenvalue weighted by Gasteiger charge is 2.21. The van der Waals surface area contributed by atoms with E-state index in [1.54, 1.807) is 11.3 Å². The number of hydrogen-bond donors (Lipinski definition) is 1. The fourth-order valence-electron chi connectivity index (χ4n) is 3.27. The van der Waals surface area contributed by atoms with Crippen LogP contribution in [0.5, 0.6) is 0 Å². The Morgan fingerprint density at radius 2 is 2.00 bits per heavy atom. The van der Waals surface area contributed by atoms with Crippen molar-refractivity contribution < 1.29 is 0 Å². The van der Waals surface area contributed by atoms with Crippen LogP contribution >= 0.6 is 11.3 Å². The molecule has 0 spiro atoms. The van der Waals surface area contributed by atoms with Crippen molar-refractivity contribution in [3.8, 4) is 32.5 Å². The molecular weight excluding hydrogens is 356 g/mol. The number of H-pyrrole nitrogens is 1. The molecule has 27 heavy (non-hydrogen) atoms. The Morgan fingerprint density at radius 3 is 2.81 bits per heavy atom. The SMILES string of the molecule is Cc1cccc(-c2nc(-c3c(C)nn4ccccc34)sc2-c2ncn[nH]2)c1. The molecule has 0 radical (unpaired) electrons. The quantitative estimate of drug-likeness (QED) is 0.505. The number of nitrogens with zero attached hydrogens (tertiary/aromatic N) is 5. The van der Waals surface area contributed by atoms with Gasteiger partial charge in [-0.3, -0.25) is 5.10 Å². The van der Waals surface area contributed by atoms with Gasteiger partial charge in [-0.2, -0.15) is 10.2 Å². The zero-order chi connectivity index (χ0) is 18.4. The molecule has 0 aliphatic heterocycles. The number of aromatic amines is 1. The van der Waals surface area contributed by atoms with Crippen LogP contribution in [0.2, 0.25) is 0 Å². The fourth-order valence-corrected chi connectivity index (χ4v) is 4.41. The second-order valence-corrected chi connectivity index (χ2v) is 7.39. The normalized spacial score (nSPS) is 11.3. The molecule has 1 N–H and O–H groups in total. The van der Waals surface area contributed by atoms with Gasteiger partial charge in [0.1, 0.15) is 11.3 Å². The maximum atomic E-state index is 5.01. The first-order chi connectivity index (χ1) is 13.2. The third-order valence-electron chi connectivity index (χ3n) is 4.48. The molecule has 4 aromatic heterocycles. The maximum Gasteiger partial charge on any atom is 0.167 e. The van der Waals surface area contributed by atoms with Crippen molar-refractivity contribution in [2.45, 2.75) is 13.8 Å². The van der Waals surface area contributed by atoms with Crippen LogP contribution in [0, 0.1) is 13.8 Å². The molecule has 0 saturated heterocycles. The molecule has 0 amide bonds. The number of thiazole rings is 1. The van der Waals surface area contributed by atoms with Crippen LogP contribution in [0.3, 0.4) is 0 Å². The van der Waals surface area contributed by atoms with Gasteiger partial charge < -0.3 is 0 Å². The molecule has 0 atom stereocenters. The predicted molar refractivity (Wildman–Crippen MR) is 107 cm³/mol. The summed E-state index contributed by atoms with van der Waals surface area (Å²) in [6.45, 7) is 4.10. The van der Waals surface area contributed by atoms with E-state index in [1.165, 1.54) is 11.9 Å². The summed E-state index contributed by atoms with van der Waals surface area (Å²) in [6.07, 6.45) is 3.48. The Bertz CT molecular complexity index is 1250. The van der Waals surface area contributed by atoms with Gasteiger partial charge in [0.05, 0.1) is 27.3 Å². The van der Waals surface area contributed by atoms with Crippen molar-refractivity contribution in [2.24, 2.45) is 0 Å². The highest BCUT2D eigenvalue weighted by molar-refractivity contribution is 7.19. The summed E-state index contributed by atoms with van der Waals surface area (Å²) in [6, 6.07) is 14.4. The Kier molecular flexibility index (Phi) is 3.61. The first kappa shape index (κ1) is 15.9. The lowest BCUT2D eigenvalue weighted by Crippen LogP contribution is -1.85. The first-order valence-corrected chi connectivity index (χ1v) is 9.40. The van der Waals surface area contributed by atoms with E-state index in [0.717, 1.165) is 43.7 Å². The van der Waals surface area contributed by atoms with Crippen LogP contribution in [0.25, 0.3) is 38.0 Å². The van der Waals surface area contributed by atoms with Crippen molar-refractivity contribution in [3.63, 3.8) is 0 Å². The molecule has 5 aromatic rings.